The maximum absolute atomic E-state index is 8.98. The molecule has 110 valence electrons. The summed E-state index contributed by atoms with van der Waals surface area (Å²) in [5.41, 5.74) is 7.76. The van der Waals surface area contributed by atoms with E-state index in [9.17, 15) is 0 Å². The van der Waals surface area contributed by atoms with Crippen LogP contribution >= 0.6 is 0 Å². The van der Waals surface area contributed by atoms with Gasteiger partial charge in [-0.15, -0.1) is 0 Å². The van der Waals surface area contributed by atoms with E-state index in [4.69, 9.17) is 15.7 Å². The second kappa shape index (κ2) is 7.88. The van der Waals surface area contributed by atoms with Crippen molar-refractivity contribution in [3.63, 3.8) is 0 Å². The number of methoxy groups -OCH3 is 1. The van der Waals surface area contributed by atoms with Gasteiger partial charge in [0.25, 0.3) is 0 Å². The normalized spacial score (nSPS) is 12.5. The molecule has 1 aromatic carbocycles. The minimum Gasteiger partial charge on any atom is -0.496 e. The number of rotatable bonds is 7. The minimum absolute atomic E-state index is 0.227. The molecule has 4 nitrogen and oxygen atoms in total. The highest BCUT2D eigenvalue weighted by Crippen LogP contribution is 2.21. The van der Waals surface area contributed by atoms with Crippen LogP contribution in [0.3, 0.4) is 0 Å². The van der Waals surface area contributed by atoms with E-state index in [0.29, 0.717) is 11.5 Å². The zero-order chi connectivity index (χ0) is 15.1. The molecule has 20 heavy (non-hydrogen) atoms. The molecule has 2 N–H and O–H groups in total. The summed E-state index contributed by atoms with van der Waals surface area (Å²) in [5, 5.41) is 8.98. The van der Waals surface area contributed by atoms with E-state index < -0.39 is 0 Å². The SMILES string of the molecule is COc1ccc(C#N)cc1CN(C)CCC(N)C(C)C. The van der Waals surface area contributed by atoms with E-state index in [2.05, 4.69) is 31.9 Å². The van der Waals surface area contributed by atoms with Crippen LogP contribution in [0.1, 0.15) is 31.4 Å². The van der Waals surface area contributed by atoms with Crippen molar-refractivity contribution in [2.24, 2.45) is 11.7 Å². The van der Waals surface area contributed by atoms with E-state index in [1.54, 1.807) is 13.2 Å². The van der Waals surface area contributed by atoms with Gasteiger partial charge in [0.1, 0.15) is 5.75 Å². The largest absolute Gasteiger partial charge is 0.496 e. The summed E-state index contributed by atoms with van der Waals surface area (Å²) in [6.07, 6.45) is 0.967. The van der Waals surface area contributed by atoms with Crippen molar-refractivity contribution in [2.75, 3.05) is 20.7 Å². The predicted molar refractivity (Wildman–Crippen MR) is 81.5 cm³/mol. The van der Waals surface area contributed by atoms with Gasteiger partial charge in [-0.05, 0) is 44.1 Å². The third kappa shape index (κ3) is 4.84. The van der Waals surface area contributed by atoms with Gasteiger partial charge in [-0.1, -0.05) is 13.8 Å². The summed E-state index contributed by atoms with van der Waals surface area (Å²) in [6.45, 7) is 5.97. The van der Waals surface area contributed by atoms with E-state index in [1.165, 1.54) is 0 Å². The summed E-state index contributed by atoms with van der Waals surface area (Å²) < 4.78 is 5.35. The van der Waals surface area contributed by atoms with Crippen molar-refractivity contribution >= 4 is 0 Å². The van der Waals surface area contributed by atoms with Gasteiger partial charge in [0.05, 0.1) is 18.7 Å². The lowest BCUT2D eigenvalue weighted by molar-refractivity contribution is 0.291. The van der Waals surface area contributed by atoms with Gasteiger partial charge in [0, 0.05) is 18.2 Å². The molecule has 1 rings (SSSR count). The highest BCUT2D eigenvalue weighted by atomic mass is 16.5. The molecule has 0 spiro atoms. The van der Waals surface area contributed by atoms with Gasteiger partial charge in [0.2, 0.25) is 0 Å². The van der Waals surface area contributed by atoms with Crippen molar-refractivity contribution in [3.8, 4) is 11.8 Å². The van der Waals surface area contributed by atoms with Crippen LogP contribution < -0.4 is 10.5 Å². The Bertz CT molecular complexity index is 465. The fourth-order valence-electron chi connectivity index (χ4n) is 2.04. The first-order chi connectivity index (χ1) is 9.47. The number of nitriles is 1. The first-order valence-electron chi connectivity index (χ1n) is 6.99. The lowest BCUT2D eigenvalue weighted by Gasteiger charge is -2.22. The molecule has 0 aliphatic carbocycles. The van der Waals surface area contributed by atoms with E-state index in [-0.39, 0.29) is 6.04 Å². The van der Waals surface area contributed by atoms with E-state index >= 15 is 0 Å². The second-order valence-electron chi connectivity index (χ2n) is 5.57. The topological polar surface area (TPSA) is 62.3 Å². The first kappa shape index (κ1) is 16.5. The molecule has 0 saturated heterocycles. The van der Waals surface area contributed by atoms with Crippen LogP contribution in [0.25, 0.3) is 0 Å². The maximum Gasteiger partial charge on any atom is 0.123 e. The summed E-state index contributed by atoms with van der Waals surface area (Å²) in [6, 6.07) is 7.90. The molecular formula is C16H25N3O. The molecule has 0 saturated carbocycles. The number of ether oxygens (including phenoxy) is 1. The highest BCUT2D eigenvalue weighted by molar-refractivity contribution is 5.41. The van der Waals surface area contributed by atoms with Crippen molar-refractivity contribution in [2.45, 2.75) is 32.9 Å². The predicted octanol–water partition coefficient (Wildman–Crippen LogP) is 2.37. The van der Waals surface area contributed by atoms with Crippen LogP contribution in [0.4, 0.5) is 0 Å². The summed E-state index contributed by atoms with van der Waals surface area (Å²) in [4.78, 5) is 2.21. The van der Waals surface area contributed by atoms with Crippen molar-refractivity contribution < 1.29 is 4.74 Å². The Labute approximate surface area is 122 Å². The van der Waals surface area contributed by atoms with Gasteiger partial charge in [-0.2, -0.15) is 5.26 Å². The smallest absolute Gasteiger partial charge is 0.123 e. The van der Waals surface area contributed by atoms with Crippen LogP contribution in [-0.4, -0.2) is 31.6 Å². The maximum atomic E-state index is 8.98. The molecule has 0 bridgehead atoms. The Morgan fingerprint density at radius 3 is 2.65 bits per heavy atom. The quantitative estimate of drug-likeness (QED) is 0.830. The molecule has 0 radical (unpaired) electrons. The number of hydrogen-bond donors (Lipinski definition) is 1. The lowest BCUT2D eigenvalue weighted by Crippen LogP contribution is -2.31. The molecule has 0 heterocycles. The summed E-state index contributed by atoms with van der Waals surface area (Å²) in [7, 11) is 3.71. The molecule has 0 aliphatic heterocycles. The summed E-state index contributed by atoms with van der Waals surface area (Å²) in [5.74, 6) is 1.32. The number of benzene rings is 1. The third-order valence-corrected chi connectivity index (χ3v) is 3.55. The van der Waals surface area contributed by atoms with Crippen LogP contribution in [0, 0.1) is 17.2 Å². The molecule has 0 amide bonds. The van der Waals surface area contributed by atoms with Crippen LogP contribution in [-0.2, 0) is 6.54 Å². The van der Waals surface area contributed by atoms with Gasteiger partial charge < -0.3 is 15.4 Å². The fourth-order valence-corrected chi connectivity index (χ4v) is 2.04. The molecule has 1 unspecified atom stereocenters. The molecular weight excluding hydrogens is 250 g/mol. The van der Waals surface area contributed by atoms with Crippen LogP contribution in [0.5, 0.6) is 5.75 Å². The Hall–Kier alpha value is -1.57. The van der Waals surface area contributed by atoms with Crippen molar-refractivity contribution in [3.05, 3.63) is 29.3 Å². The monoisotopic (exact) mass is 275 g/mol. The highest BCUT2D eigenvalue weighted by Gasteiger charge is 2.11. The summed E-state index contributed by atoms with van der Waals surface area (Å²) >= 11 is 0. The molecule has 0 aliphatic rings. The zero-order valence-electron chi connectivity index (χ0n) is 12.9. The Balaban J connectivity index is 2.65. The molecule has 0 aromatic heterocycles. The lowest BCUT2D eigenvalue weighted by atomic mass is 10.0. The van der Waals surface area contributed by atoms with E-state index in [0.717, 1.165) is 30.8 Å². The van der Waals surface area contributed by atoms with Gasteiger partial charge in [0.15, 0.2) is 0 Å². The first-order valence-corrected chi connectivity index (χ1v) is 6.99. The number of hydrogen-bond acceptors (Lipinski definition) is 4. The van der Waals surface area contributed by atoms with Crippen LogP contribution in [0.15, 0.2) is 18.2 Å². The van der Waals surface area contributed by atoms with Gasteiger partial charge in [-0.3, -0.25) is 0 Å². The zero-order valence-corrected chi connectivity index (χ0v) is 12.9. The average molecular weight is 275 g/mol. The van der Waals surface area contributed by atoms with E-state index in [1.807, 2.05) is 12.1 Å². The third-order valence-electron chi connectivity index (χ3n) is 3.55. The Morgan fingerprint density at radius 2 is 2.10 bits per heavy atom. The second-order valence-corrected chi connectivity index (χ2v) is 5.57. The standard InChI is InChI=1S/C16H25N3O/c1-12(2)15(18)7-8-19(3)11-14-9-13(10-17)5-6-16(14)20-4/h5-6,9,12,15H,7-8,11,18H2,1-4H3. The minimum atomic E-state index is 0.227. The molecule has 4 heteroatoms. The van der Waals surface area contributed by atoms with Crippen molar-refractivity contribution in [1.29, 1.82) is 5.26 Å². The van der Waals surface area contributed by atoms with Gasteiger partial charge in [-0.25, -0.2) is 0 Å². The number of nitrogens with two attached hydrogens (primary N) is 1. The van der Waals surface area contributed by atoms with Crippen LogP contribution in [0.2, 0.25) is 0 Å². The fraction of sp³-hybridized carbons (Fsp3) is 0.562. The Morgan fingerprint density at radius 1 is 1.40 bits per heavy atom. The molecule has 1 aromatic rings. The molecule has 1 atom stereocenters. The Kier molecular flexibility index (Phi) is 6.50. The van der Waals surface area contributed by atoms with Crippen molar-refractivity contribution in [1.82, 2.24) is 4.90 Å². The number of nitrogens with zero attached hydrogens (tertiary/aromatic N) is 2. The molecule has 0 fully saturated rings. The average Bonchev–Trinajstić information content (AvgIpc) is 2.44. The van der Waals surface area contributed by atoms with Gasteiger partial charge >= 0.3 is 0 Å².